The van der Waals surface area contributed by atoms with Crippen molar-refractivity contribution in [3.8, 4) is 17.2 Å². The normalized spacial score (nSPS) is 11.1. The first-order chi connectivity index (χ1) is 14.2. The van der Waals surface area contributed by atoms with Gasteiger partial charge >= 0.3 is 0 Å². The summed E-state index contributed by atoms with van der Waals surface area (Å²) in [6, 6.07) is 13.7. The molecule has 0 bridgehead atoms. The summed E-state index contributed by atoms with van der Waals surface area (Å²) in [5.74, 6) is 2.89. The maximum Gasteiger partial charge on any atom is 0.195 e. The molecular weight excluding hydrogens is 370 g/mol. The summed E-state index contributed by atoms with van der Waals surface area (Å²) in [5.41, 5.74) is 1.96. The van der Waals surface area contributed by atoms with Gasteiger partial charge < -0.3 is 29.6 Å². The van der Waals surface area contributed by atoms with Gasteiger partial charge in [-0.05, 0) is 36.8 Å². The fourth-order valence-electron chi connectivity index (χ4n) is 2.66. The minimum Gasteiger partial charge on any atom is -0.493 e. The number of rotatable bonds is 11. The van der Waals surface area contributed by atoms with E-state index in [2.05, 4.69) is 15.6 Å². The number of hydrogen-bond acceptors (Lipinski definition) is 5. The Bertz CT molecular complexity index is 780. The van der Waals surface area contributed by atoms with Crippen molar-refractivity contribution in [2.75, 3.05) is 46.4 Å². The van der Waals surface area contributed by atoms with Crippen LogP contribution in [0.5, 0.6) is 17.2 Å². The van der Waals surface area contributed by atoms with E-state index in [0.29, 0.717) is 43.8 Å². The molecule has 0 unspecified atom stereocenters. The maximum absolute atomic E-state index is 5.76. The summed E-state index contributed by atoms with van der Waals surface area (Å²) in [5, 5.41) is 6.58. The van der Waals surface area contributed by atoms with E-state index in [9.17, 15) is 0 Å². The molecule has 0 aliphatic carbocycles. The quantitative estimate of drug-likeness (QED) is 0.340. The number of anilines is 1. The van der Waals surface area contributed by atoms with Crippen molar-refractivity contribution < 1.29 is 18.9 Å². The van der Waals surface area contributed by atoms with Crippen LogP contribution < -0.4 is 24.8 Å². The largest absolute Gasteiger partial charge is 0.493 e. The van der Waals surface area contributed by atoms with Crippen LogP contribution >= 0.6 is 0 Å². The maximum atomic E-state index is 5.76. The van der Waals surface area contributed by atoms with Crippen molar-refractivity contribution in [2.24, 2.45) is 4.99 Å². The lowest BCUT2D eigenvalue weighted by atomic mass is 10.2. The van der Waals surface area contributed by atoms with Crippen LogP contribution in [0.1, 0.15) is 18.9 Å². The second-order valence-electron chi connectivity index (χ2n) is 6.19. The number of aliphatic imine (C=N–C) groups is 1. The van der Waals surface area contributed by atoms with E-state index in [1.54, 1.807) is 21.3 Å². The molecule has 0 amide bonds. The number of ether oxygens (including phenoxy) is 4. The van der Waals surface area contributed by atoms with E-state index in [4.69, 9.17) is 18.9 Å². The molecule has 7 nitrogen and oxygen atoms in total. The third-order valence-electron chi connectivity index (χ3n) is 4.07. The fraction of sp³-hybridized carbons (Fsp3) is 0.409. The highest BCUT2D eigenvalue weighted by atomic mass is 16.5. The van der Waals surface area contributed by atoms with Crippen LogP contribution in [0.2, 0.25) is 0 Å². The number of hydrogen-bond donors (Lipinski definition) is 2. The van der Waals surface area contributed by atoms with Gasteiger partial charge in [0, 0.05) is 45.5 Å². The van der Waals surface area contributed by atoms with E-state index >= 15 is 0 Å². The lowest BCUT2D eigenvalue weighted by Gasteiger charge is -2.15. The third-order valence-corrected chi connectivity index (χ3v) is 4.07. The third kappa shape index (κ3) is 7.54. The molecule has 7 heteroatoms. The number of nitrogens with one attached hydrogen (secondary N) is 2. The zero-order valence-corrected chi connectivity index (χ0v) is 17.7. The molecule has 0 atom stereocenters. The van der Waals surface area contributed by atoms with Gasteiger partial charge in [0.05, 0.1) is 20.3 Å². The molecular formula is C22H31N3O4. The molecule has 0 spiro atoms. The van der Waals surface area contributed by atoms with Crippen LogP contribution in [-0.2, 0) is 11.3 Å². The first-order valence-corrected chi connectivity index (χ1v) is 9.69. The Kier molecular flexibility index (Phi) is 9.65. The van der Waals surface area contributed by atoms with Crippen molar-refractivity contribution in [2.45, 2.75) is 19.9 Å². The van der Waals surface area contributed by atoms with Gasteiger partial charge in [0.1, 0.15) is 5.75 Å². The van der Waals surface area contributed by atoms with Gasteiger partial charge in [0.25, 0.3) is 0 Å². The van der Waals surface area contributed by atoms with Gasteiger partial charge in [-0.1, -0.05) is 12.1 Å². The van der Waals surface area contributed by atoms with E-state index in [0.717, 1.165) is 23.4 Å². The number of guanidine groups is 1. The molecule has 2 aromatic rings. The molecule has 2 aromatic carbocycles. The summed E-state index contributed by atoms with van der Waals surface area (Å²) in [6.45, 7) is 4.45. The van der Waals surface area contributed by atoms with Crippen LogP contribution in [0.4, 0.5) is 5.69 Å². The lowest BCUT2D eigenvalue weighted by Crippen LogP contribution is -2.30. The van der Waals surface area contributed by atoms with Gasteiger partial charge in [-0.15, -0.1) is 0 Å². The molecule has 0 aromatic heterocycles. The zero-order valence-electron chi connectivity index (χ0n) is 17.7. The molecule has 2 N–H and O–H groups in total. The average molecular weight is 402 g/mol. The minimum absolute atomic E-state index is 0.566. The minimum atomic E-state index is 0.566. The van der Waals surface area contributed by atoms with Gasteiger partial charge in [-0.2, -0.15) is 0 Å². The first kappa shape index (κ1) is 22.4. The van der Waals surface area contributed by atoms with Crippen LogP contribution in [0, 0.1) is 0 Å². The summed E-state index contributed by atoms with van der Waals surface area (Å²) >= 11 is 0. The highest BCUT2D eigenvalue weighted by Crippen LogP contribution is 2.30. The molecule has 0 aliphatic rings. The Morgan fingerprint density at radius 1 is 1.00 bits per heavy atom. The van der Waals surface area contributed by atoms with Crippen LogP contribution in [0.25, 0.3) is 0 Å². The van der Waals surface area contributed by atoms with Crippen molar-refractivity contribution in [3.05, 3.63) is 48.0 Å². The molecule has 158 valence electrons. The number of benzene rings is 2. The van der Waals surface area contributed by atoms with Gasteiger partial charge in [-0.25, -0.2) is 0 Å². The van der Waals surface area contributed by atoms with Crippen LogP contribution in [0.3, 0.4) is 0 Å². The Balaban J connectivity index is 1.93. The van der Waals surface area contributed by atoms with Crippen LogP contribution in [-0.4, -0.2) is 47.0 Å². The first-order valence-electron chi connectivity index (χ1n) is 9.69. The van der Waals surface area contributed by atoms with Crippen molar-refractivity contribution >= 4 is 11.6 Å². The van der Waals surface area contributed by atoms with E-state index in [1.807, 2.05) is 49.4 Å². The second-order valence-corrected chi connectivity index (χ2v) is 6.19. The van der Waals surface area contributed by atoms with Gasteiger partial charge in [0.2, 0.25) is 0 Å². The van der Waals surface area contributed by atoms with Gasteiger partial charge in [0.15, 0.2) is 17.5 Å². The highest BCUT2D eigenvalue weighted by Gasteiger charge is 2.07. The fourth-order valence-corrected chi connectivity index (χ4v) is 2.66. The Labute approximate surface area is 173 Å². The summed E-state index contributed by atoms with van der Waals surface area (Å²) in [4.78, 5) is 4.29. The average Bonchev–Trinajstić information content (AvgIpc) is 2.75. The molecule has 0 aliphatic heterocycles. The standard InChI is InChI=1S/C22H31N3O4/c1-5-28-21-15-18(10-11-20(21)27-4)25-22(23-2)24-16-17-8-6-9-19(14-17)29-13-7-12-26-3/h6,8-11,14-15H,5,7,12-13,16H2,1-4H3,(H2,23,24,25). The van der Waals surface area contributed by atoms with E-state index in [1.165, 1.54) is 0 Å². The predicted molar refractivity (Wildman–Crippen MR) is 116 cm³/mol. The van der Waals surface area contributed by atoms with Crippen LogP contribution in [0.15, 0.2) is 47.5 Å². The number of methoxy groups -OCH3 is 2. The molecule has 29 heavy (non-hydrogen) atoms. The van der Waals surface area contributed by atoms with E-state index in [-0.39, 0.29) is 0 Å². The Morgan fingerprint density at radius 2 is 1.86 bits per heavy atom. The summed E-state index contributed by atoms with van der Waals surface area (Å²) in [6.07, 6.45) is 0.862. The zero-order chi connectivity index (χ0) is 20.9. The topological polar surface area (TPSA) is 73.3 Å². The molecule has 0 heterocycles. The Hall–Kier alpha value is -2.93. The highest BCUT2D eigenvalue weighted by molar-refractivity contribution is 5.93. The molecule has 0 fully saturated rings. The summed E-state index contributed by atoms with van der Waals surface area (Å²) < 4.78 is 21.7. The molecule has 0 radical (unpaired) electrons. The second kappa shape index (κ2) is 12.5. The van der Waals surface area contributed by atoms with Crippen molar-refractivity contribution in [3.63, 3.8) is 0 Å². The summed E-state index contributed by atoms with van der Waals surface area (Å²) in [7, 11) is 5.05. The Morgan fingerprint density at radius 3 is 2.59 bits per heavy atom. The smallest absolute Gasteiger partial charge is 0.195 e. The molecule has 2 rings (SSSR count). The van der Waals surface area contributed by atoms with E-state index < -0.39 is 0 Å². The van der Waals surface area contributed by atoms with Crippen molar-refractivity contribution in [1.29, 1.82) is 0 Å². The monoisotopic (exact) mass is 401 g/mol. The molecule has 0 saturated carbocycles. The predicted octanol–water partition coefficient (Wildman–Crippen LogP) is 3.70. The lowest BCUT2D eigenvalue weighted by molar-refractivity contribution is 0.172. The van der Waals surface area contributed by atoms with Crippen molar-refractivity contribution in [1.82, 2.24) is 5.32 Å². The molecule has 0 saturated heterocycles. The SMILES string of the molecule is CCOc1cc(NC(=NC)NCc2cccc(OCCCOC)c2)ccc1OC. The van der Waals surface area contributed by atoms with Gasteiger partial charge in [-0.3, -0.25) is 4.99 Å². The number of nitrogens with zero attached hydrogens (tertiary/aromatic N) is 1.